The lowest BCUT2D eigenvalue weighted by atomic mass is 9.86. The second-order valence-electron chi connectivity index (χ2n) is 11.8. The molecule has 3 aromatic carbocycles. The molecule has 0 saturated carbocycles. The van der Waals surface area contributed by atoms with Crippen LogP contribution in [0, 0.1) is 5.92 Å². The van der Waals surface area contributed by atoms with Gasteiger partial charge in [0.1, 0.15) is 35.9 Å². The minimum atomic E-state index is -4.59. The van der Waals surface area contributed by atoms with Crippen molar-refractivity contribution in [2.45, 2.75) is 50.7 Å². The van der Waals surface area contributed by atoms with Crippen LogP contribution in [0.5, 0.6) is 17.2 Å². The topological polar surface area (TPSA) is 116 Å². The zero-order valence-electron chi connectivity index (χ0n) is 27.2. The number of anilines is 1. The Hall–Kier alpha value is -4.78. The van der Waals surface area contributed by atoms with Gasteiger partial charge < -0.3 is 24.2 Å². The quantitative estimate of drug-likeness (QED) is 0.115. The molecule has 1 aromatic heterocycles. The Bertz CT molecular complexity index is 1800. The molecule has 1 aliphatic carbocycles. The number of hydrogen-bond donors (Lipinski definition) is 1. The van der Waals surface area contributed by atoms with Crippen LogP contribution in [0.4, 0.5) is 18.9 Å². The Labute approximate surface area is 286 Å². The number of aromatic nitrogens is 3. The summed E-state index contributed by atoms with van der Waals surface area (Å²) in [6.07, 6.45) is -0.157. The van der Waals surface area contributed by atoms with Crippen LogP contribution in [0.1, 0.15) is 54.0 Å². The van der Waals surface area contributed by atoms with E-state index in [4.69, 9.17) is 30.9 Å². The van der Waals surface area contributed by atoms with E-state index in [0.717, 1.165) is 6.07 Å². The molecule has 1 heterocycles. The first-order valence-corrected chi connectivity index (χ1v) is 16.0. The standard InChI is InChI=1S/C35H36ClF3N4O6/c1-42(25-16-26(18-27(17-25)47-2)43-20-40-19-41-43)33(28-11-10-24(36)15-30(28)49-12-4-5-32(44)45)34(46)21-6-8-22-13-29(35(37,38)39)31(48-3)14-23(22)9-7-21/h10-11,13-21,33H,4-9,12H2,1-3H3,(H,44,45). The highest BCUT2D eigenvalue weighted by Crippen LogP contribution is 2.42. The molecule has 0 amide bonds. The molecule has 1 aliphatic rings. The predicted octanol–water partition coefficient (Wildman–Crippen LogP) is 7.14. The summed E-state index contributed by atoms with van der Waals surface area (Å²) in [5, 5.41) is 13.7. The molecule has 0 aliphatic heterocycles. The fourth-order valence-corrected chi connectivity index (χ4v) is 6.33. The molecule has 2 atom stereocenters. The number of fused-ring (bicyclic) bond motifs is 1. The van der Waals surface area contributed by atoms with E-state index in [1.165, 1.54) is 32.9 Å². The van der Waals surface area contributed by atoms with Gasteiger partial charge in [-0.1, -0.05) is 17.7 Å². The van der Waals surface area contributed by atoms with Gasteiger partial charge in [-0.2, -0.15) is 18.3 Å². The zero-order valence-corrected chi connectivity index (χ0v) is 27.9. The number of ether oxygens (including phenoxy) is 3. The van der Waals surface area contributed by atoms with E-state index in [1.54, 1.807) is 47.0 Å². The first kappa shape index (κ1) is 35.5. The summed E-state index contributed by atoms with van der Waals surface area (Å²) in [6.45, 7) is 0.0714. The van der Waals surface area contributed by atoms with Gasteiger partial charge >= 0.3 is 12.1 Å². The van der Waals surface area contributed by atoms with Crippen LogP contribution in [-0.4, -0.2) is 59.5 Å². The molecule has 10 nitrogen and oxygen atoms in total. The van der Waals surface area contributed by atoms with E-state index in [9.17, 15) is 22.8 Å². The number of rotatable bonds is 13. The maximum Gasteiger partial charge on any atom is 0.419 e. The maximum atomic E-state index is 14.8. The summed E-state index contributed by atoms with van der Waals surface area (Å²) < 4.78 is 59.8. The number of alkyl halides is 3. The number of carboxylic acid groups (broad SMARTS) is 1. The first-order valence-electron chi connectivity index (χ1n) is 15.6. The van der Waals surface area contributed by atoms with E-state index in [2.05, 4.69) is 10.1 Å². The number of aryl methyl sites for hydroxylation is 2. The van der Waals surface area contributed by atoms with E-state index < -0.39 is 29.7 Å². The number of halogens is 4. The molecule has 260 valence electrons. The number of hydrogen-bond acceptors (Lipinski definition) is 8. The largest absolute Gasteiger partial charge is 0.497 e. The average molecular weight is 701 g/mol. The van der Waals surface area contributed by atoms with Gasteiger partial charge in [0.25, 0.3) is 0 Å². The second kappa shape index (κ2) is 15.2. The van der Waals surface area contributed by atoms with Crippen molar-refractivity contribution in [1.82, 2.24) is 14.8 Å². The van der Waals surface area contributed by atoms with E-state index in [1.807, 2.05) is 6.07 Å². The van der Waals surface area contributed by atoms with Gasteiger partial charge in [0.05, 0.1) is 32.1 Å². The number of benzene rings is 3. The molecular weight excluding hydrogens is 665 g/mol. The highest BCUT2D eigenvalue weighted by Gasteiger charge is 2.38. The monoisotopic (exact) mass is 700 g/mol. The molecule has 1 N–H and O–H groups in total. The maximum absolute atomic E-state index is 14.8. The Morgan fingerprint density at radius 2 is 1.78 bits per heavy atom. The number of carbonyl (C=O) groups is 2. The third-order valence-electron chi connectivity index (χ3n) is 8.68. The lowest BCUT2D eigenvalue weighted by Crippen LogP contribution is -2.35. The lowest BCUT2D eigenvalue weighted by Gasteiger charge is -2.33. The van der Waals surface area contributed by atoms with E-state index in [0.29, 0.717) is 63.8 Å². The number of ketones is 1. The number of methoxy groups -OCH3 is 2. The van der Waals surface area contributed by atoms with Crippen molar-refractivity contribution < 1.29 is 42.1 Å². The number of nitrogens with zero attached hydrogens (tertiary/aromatic N) is 4. The third-order valence-corrected chi connectivity index (χ3v) is 8.91. The molecule has 0 radical (unpaired) electrons. The van der Waals surface area contributed by atoms with Gasteiger partial charge in [0, 0.05) is 47.8 Å². The van der Waals surface area contributed by atoms with Crippen LogP contribution in [-0.2, 0) is 28.6 Å². The summed E-state index contributed by atoms with van der Waals surface area (Å²) in [7, 11) is 4.50. The average Bonchev–Trinajstić information content (AvgIpc) is 3.54. The van der Waals surface area contributed by atoms with Crippen LogP contribution in [0.15, 0.2) is 61.2 Å². The van der Waals surface area contributed by atoms with Crippen molar-refractivity contribution in [1.29, 1.82) is 0 Å². The minimum Gasteiger partial charge on any atom is -0.497 e. The third kappa shape index (κ3) is 8.27. The first-order chi connectivity index (χ1) is 23.4. The number of Topliss-reactive ketones (excluding diaryl/α,β-unsaturated/α-hetero) is 1. The van der Waals surface area contributed by atoms with E-state index >= 15 is 0 Å². The Balaban J connectivity index is 1.54. The van der Waals surface area contributed by atoms with Gasteiger partial charge in [-0.05, 0) is 73.6 Å². The molecule has 49 heavy (non-hydrogen) atoms. The summed E-state index contributed by atoms with van der Waals surface area (Å²) in [5.41, 5.74) is 2.14. The molecule has 2 unspecified atom stereocenters. The summed E-state index contributed by atoms with van der Waals surface area (Å²) in [4.78, 5) is 31.8. The molecule has 5 rings (SSSR count). The molecule has 14 heteroatoms. The number of carbonyl (C=O) groups excluding carboxylic acids is 1. The van der Waals surface area contributed by atoms with Gasteiger partial charge in [0.2, 0.25) is 0 Å². The number of likely N-dealkylation sites (N-methyl/N-ethyl adjacent to an activating group) is 1. The van der Waals surface area contributed by atoms with Gasteiger partial charge in [-0.25, -0.2) is 9.67 Å². The van der Waals surface area contributed by atoms with Crippen molar-refractivity contribution in [2.75, 3.05) is 32.8 Å². The highest BCUT2D eigenvalue weighted by atomic mass is 35.5. The number of carboxylic acids is 1. The van der Waals surface area contributed by atoms with Crippen molar-refractivity contribution >= 4 is 29.0 Å². The van der Waals surface area contributed by atoms with Crippen LogP contribution in [0.2, 0.25) is 5.02 Å². The zero-order chi connectivity index (χ0) is 35.3. The Kier molecular flexibility index (Phi) is 11.0. The van der Waals surface area contributed by atoms with Crippen LogP contribution in [0.3, 0.4) is 0 Å². The fourth-order valence-electron chi connectivity index (χ4n) is 6.16. The second-order valence-corrected chi connectivity index (χ2v) is 12.2. The molecule has 0 spiro atoms. The summed E-state index contributed by atoms with van der Waals surface area (Å²) in [5.74, 6) is -1.09. The van der Waals surface area contributed by atoms with Crippen molar-refractivity contribution in [3.8, 4) is 22.9 Å². The fraction of sp³-hybridized carbons (Fsp3) is 0.371. The molecular formula is C35H36ClF3N4O6. The minimum absolute atomic E-state index is 0.0714. The van der Waals surface area contributed by atoms with Crippen molar-refractivity contribution in [3.63, 3.8) is 0 Å². The van der Waals surface area contributed by atoms with Crippen molar-refractivity contribution in [2.24, 2.45) is 5.92 Å². The van der Waals surface area contributed by atoms with Gasteiger partial charge in [-0.15, -0.1) is 0 Å². The van der Waals surface area contributed by atoms with Crippen LogP contribution >= 0.6 is 11.6 Å². The van der Waals surface area contributed by atoms with E-state index in [-0.39, 0.29) is 37.4 Å². The molecule has 0 saturated heterocycles. The van der Waals surface area contributed by atoms with Crippen molar-refractivity contribution in [3.05, 3.63) is 88.5 Å². The van der Waals surface area contributed by atoms with Gasteiger partial charge in [-0.3, -0.25) is 9.59 Å². The Morgan fingerprint density at radius 3 is 2.41 bits per heavy atom. The van der Waals surface area contributed by atoms with Gasteiger partial charge in [0.15, 0.2) is 5.78 Å². The summed E-state index contributed by atoms with van der Waals surface area (Å²) in [6, 6.07) is 11.9. The lowest BCUT2D eigenvalue weighted by molar-refractivity contribution is -0.139. The summed E-state index contributed by atoms with van der Waals surface area (Å²) >= 11 is 6.37. The smallest absolute Gasteiger partial charge is 0.419 e. The molecule has 0 fully saturated rings. The molecule has 4 aromatic rings. The van der Waals surface area contributed by atoms with Crippen LogP contribution in [0.25, 0.3) is 5.69 Å². The Morgan fingerprint density at radius 1 is 1.04 bits per heavy atom. The normalized spacial score (nSPS) is 15.1. The SMILES string of the molecule is COc1cc(N(C)C(C(=O)C2CCc3cc(OC)c(C(F)(F)F)cc3CC2)c2ccc(Cl)cc2OCCCC(=O)O)cc(-n2cncn2)c1. The predicted molar refractivity (Wildman–Crippen MR) is 176 cm³/mol. The number of aliphatic carboxylic acids is 1. The van der Waals surface area contributed by atoms with Crippen LogP contribution < -0.4 is 19.1 Å². The highest BCUT2D eigenvalue weighted by molar-refractivity contribution is 6.30. The molecule has 0 bridgehead atoms.